The average Bonchev–Trinajstić information content (AvgIpc) is 2.41. The van der Waals surface area contributed by atoms with Crippen molar-refractivity contribution in [3.63, 3.8) is 0 Å². The summed E-state index contributed by atoms with van der Waals surface area (Å²) in [6, 6.07) is 15.0. The lowest BCUT2D eigenvalue weighted by molar-refractivity contribution is 0.0994. The fraction of sp³-hybridized carbons (Fsp3) is 0.133. The Labute approximate surface area is 130 Å². The van der Waals surface area contributed by atoms with Gasteiger partial charge in [-0.25, -0.2) is 0 Å². The Hall–Kier alpha value is -0.770. The molecular weight excluding hydrogens is 344 g/mol. The van der Waals surface area contributed by atoms with E-state index in [4.69, 9.17) is 11.6 Å². The molecule has 4 heteroatoms. The molecule has 1 atom stereocenters. The first kappa shape index (κ1) is 14.6. The lowest BCUT2D eigenvalue weighted by atomic mass is 10.1. The van der Waals surface area contributed by atoms with Crippen molar-refractivity contribution < 1.29 is 4.79 Å². The molecule has 0 fully saturated rings. The zero-order valence-corrected chi connectivity index (χ0v) is 13.4. The predicted octanol–water partition coefficient (Wildman–Crippen LogP) is 5.47. The maximum atomic E-state index is 12.3. The maximum Gasteiger partial charge on any atom is 0.175 e. The molecule has 2 rings (SSSR count). The monoisotopic (exact) mass is 354 g/mol. The van der Waals surface area contributed by atoms with E-state index in [9.17, 15) is 4.79 Å². The van der Waals surface area contributed by atoms with Crippen LogP contribution in [0.4, 0.5) is 0 Å². The first-order valence-corrected chi connectivity index (χ1v) is 7.83. The highest BCUT2D eigenvalue weighted by atomic mass is 79.9. The van der Waals surface area contributed by atoms with Gasteiger partial charge in [0, 0.05) is 20.0 Å². The molecule has 0 saturated heterocycles. The molecule has 1 unspecified atom stereocenters. The summed E-state index contributed by atoms with van der Waals surface area (Å²) in [7, 11) is 0. The van der Waals surface area contributed by atoms with Crippen molar-refractivity contribution in [3.8, 4) is 0 Å². The number of carbonyl (C=O) groups excluding carboxylic acids is 1. The van der Waals surface area contributed by atoms with Crippen molar-refractivity contribution in [2.45, 2.75) is 17.1 Å². The van der Waals surface area contributed by atoms with Crippen LogP contribution >= 0.6 is 39.3 Å². The Kier molecular flexibility index (Phi) is 5.08. The zero-order chi connectivity index (χ0) is 13.8. The van der Waals surface area contributed by atoms with Crippen LogP contribution in [0.5, 0.6) is 0 Å². The van der Waals surface area contributed by atoms with Crippen molar-refractivity contribution in [1.29, 1.82) is 0 Å². The van der Waals surface area contributed by atoms with Crippen LogP contribution < -0.4 is 0 Å². The number of halogens is 2. The molecular formula is C15H12BrClOS. The molecule has 1 nitrogen and oxygen atoms in total. The summed E-state index contributed by atoms with van der Waals surface area (Å²) in [5.41, 5.74) is 0.733. The van der Waals surface area contributed by atoms with E-state index in [1.165, 1.54) is 11.8 Å². The Bertz CT molecular complexity index is 566. The lowest BCUT2D eigenvalue weighted by Gasteiger charge is -2.10. The van der Waals surface area contributed by atoms with Gasteiger partial charge >= 0.3 is 0 Å². The fourth-order valence-corrected chi connectivity index (χ4v) is 2.95. The Balaban J connectivity index is 2.07. The third kappa shape index (κ3) is 4.10. The largest absolute Gasteiger partial charge is 0.293 e. The Morgan fingerprint density at radius 2 is 1.68 bits per heavy atom. The second kappa shape index (κ2) is 6.60. The maximum absolute atomic E-state index is 12.3. The quantitative estimate of drug-likeness (QED) is 0.534. The third-order valence-electron chi connectivity index (χ3n) is 2.62. The van der Waals surface area contributed by atoms with Gasteiger partial charge in [-0.15, -0.1) is 11.8 Å². The van der Waals surface area contributed by atoms with E-state index in [-0.39, 0.29) is 11.0 Å². The highest BCUT2D eigenvalue weighted by molar-refractivity contribution is 9.10. The number of thioether (sulfide) groups is 1. The number of Topliss-reactive ketones (excluding diaryl/α,β-unsaturated/α-hetero) is 1. The molecule has 0 spiro atoms. The van der Waals surface area contributed by atoms with Gasteiger partial charge < -0.3 is 0 Å². The number of benzene rings is 2. The van der Waals surface area contributed by atoms with E-state index >= 15 is 0 Å². The van der Waals surface area contributed by atoms with Crippen molar-refractivity contribution in [1.82, 2.24) is 0 Å². The number of ketones is 1. The Morgan fingerprint density at radius 1 is 1.11 bits per heavy atom. The molecule has 19 heavy (non-hydrogen) atoms. The molecule has 0 radical (unpaired) electrons. The van der Waals surface area contributed by atoms with E-state index in [2.05, 4.69) is 15.9 Å². The number of rotatable bonds is 4. The molecule has 0 bridgehead atoms. The first-order chi connectivity index (χ1) is 9.06. The second-order valence-electron chi connectivity index (χ2n) is 4.09. The van der Waals surface area contributed by atoms with Crippen molar-refractivity contribution in [2.24, 2.45) is 0 Å². The summed E-state index contributed by atoms with van der Waals surface area (Å²) in [6.45, 7) is 1.92. The molecule has 98 valence electrons. The van der Waals surface area contributed by atoms with E-state index < -0.39 is 0 Å². The Morgan fingerprint density at radius 3 is 2.26 bits per heavy atom. The topological polar surface area (TPSA) is 17.1 Å². The van der Waals surface area contributed by atoms with E-state index in [1.807, 2.05) is 55.5 Å². The van der Waals surface area contributed by atoms with Crippen LogP contribution in [0.2, 0.25) is 5.02 Å². The molecule has 0 heterocycles. The van der Waals surface area contributed by atoms with Crippen LogP contribution in [0.25, 0.3) is 0 Å². The molecule has 0 amide bonds. The molecule has 2 aromatic carbocycles. The van der Waals surface area contributed by atoms with Gasteiger partial charge in [-0.3, -0.25) is 4.79 Å². The smallest absolute Gasteiger partial charge is 0.175 e. The van der Waals surface area contributed by atoms with Gasteiger partial charge in [-0.2, -0.15) is 0 Å². The minimum atomic E-state index is -0.123. The van der Waals surface area contributed by atoms with Gasteiger partial charge in [-0.1, -0.05) is 39.7 Å². The summed E-state index contributed by atoms with van der Waals surface area (Å²) in [4.78, 5) is 13.3. The molecule has 0 aromatic heterocycles. The van der Waals surface area contributed by atoms with Crippen LogP contribution in [0.3, 0.4) is 0 Å². The van der Waals surface area contributed by atoms with Crippen molar-refractivity contribution in [2.75, 3.05) is 0 Å². The van der Waals surface area contributed by atoms with Gasteiger partial charge in [0.25, 0.3) is 0 Å². The average molecular weight is 356 g/mol. The van der Waals surface area contributed by atoms with Gasteiger partial charge in [0.2, 0.25) is 0 Å². The van der Waals surface area contributed by atoms with E-state index in [0.29, 0.717) is 5.02 Å². The molecule has 0 aliphatic carbocycles. The van der Waals surface area contributed by atoms with Crippen LogP contribution in [0, 0.1) is 0 Å². The SMILES string of the molecule is CC(Sc1ccc(Cl)cc1)C(=O)c1ccc(Br)cc1. The standard InChI is InChI=1S/C15H12BrClOS/c1-10(19-14-8-6-13(17)7-9-14)15(18)11-2-4-12(16)5-3-11/h2-10H,1H3. The highest BCUT2D eigenvalue weighted by Gasteiger charge is 2.16. The predicted molar refractivity (Wildman–Crippen MR) is 85.2 cm³/mol. The van der Waals surface area contributed by atoms with Gasteiger partial charge in [0.15, 0.2) is 5.78 Å². The molecule has 0 saturated carbocycles. The van der Waals surface area contributed by atoms with Crippen LogP contribution in [-0.2, 0) is 0 Å². The molecule has 2 aromatic rings. The lowest BCUT2D eigenvalue weighted by Crippen LogP contribution is -2.13. The fourth-order valence-electron chi connectivity index (χ4n) is 1.62. The van der Waals surface area contributed by atoms with Gasteiger partial charge in [-0.05, 0) is 43.3 Å². The van der Waals surface area contributed by atoms with Gasteiger partial charge in [0.1, 0.15) is 0 Å². The van der Waals surface area contributed by atoms with Crippen LogP contribution in [0.15, 0.2) is 57.9 Å². The first-order valence-electron chi connectivity index (χ1n) is 5.78. The summed E-state index contributed by atoms with van der Waals surface area (Å²) in [6.07, 6.45) is 0. The third-order valence-corrected chi connectivity index (χ3v) is 4.52. The summed E-state index contributed by atoms with van der Waals surface area (Å²) < 4.78 is 0.974. The zero-order valence-electron chi connectivity index (χ0n) is 10.3. The summed E-state index contributed by atoms with van der Waals surface area (Å²) in [5, 5.41) is 0.582. The second-order valence-corrected chi connectivity index (χ2v) is 6.85. The number of hydrogen-bond donors (Lipinski definition) is 0. The minimum Gasteiger partial charge on any atom is -0.293 e. The van der Waals surface area contributed by atoms with Crippen molar-refractivity contribution >= 4 is 45.1 Å². The molecule has 0 aliphatic rings. The molecule has 0 aliphatic heterocycles. The highest BCUT2D eigenvalue weighted by Crippen LogP contribution is 2.27. The van der Waals surface area contributed by atoms with E-state index in [0.717, 1.165) is 14.9 Å². The molecule has 0 N–H and O–H groups in total. The van der Waals surface area contributed by atoms with Gasteiger partial charge in [0.05, 0.1) is 5.25 Å². The summed E-state index contributed by atoms with van der Waals surface area (Å²) >= 11 is 10.7. The minimum absolute atomic E-state index is 0.123. The van der Waals surface area contributed by atoms with Crippen molar-refractivity contribution in [3.05, 3.63) is 63.6 Å². The van der Waals surface area contributed by atoms with E-state index in [1.54, 1.807) is 0 Å². The number of hydrogen-bond acceptors (Lipinski definition) is 2. The van der Waals surface area contributed by atoms with Crippen LogP contribution in [0.1, 0.15) is 17.3 Å². The van der Waals surface area contributed by atoms with Crippen LogP contribution in [-0.4, -0.2) is 11.0 Å². The summed E-state index contributed by atoms with van der Waals surface area (Å²) in [5.74, 6) is 0.132. The normalized spacial score (nSPS) is 12.2. The number of carbonyl (C=O) groups is 1.